The van der Waals surface area contributed by atoms with E-state index in [9.17, 15) is 0 Å². The second-order valence-corrected chi connectivity index (χ2v) is 25.3. The first kappa shape index (κ1) is 49.9. The molecule has 0 amide bonds. The zero-order valence-corrected chi connectivity index (χ0v) is 44.4. The summed E-state index contributed by atoms with van der Waals surface area (Å²) in [6, 6.07) is 7.67. The van der Waals surface area contributed by atoms with E-state index in [1.165, 1.54) is 104 Å². The Labute approximate surface area is 397 Å². The van der Waals surface area contributed by atoms with Crippen molar-refractivity contribution in [2.75, 3.05) is 6.54 Å². The lowest BCUT2D eigenvalue weighted by Crippen LogP contribution is -2.39. The van der Waals surface area contributed by atoms with Crippen LogP contribution < -0.4 is 10.1 Å². The highest BCUT2D eigenvalue weighted by Crippen LogP contribution is 2.48. The fourth-order valence-electron chi connectivity index (χ4n) is 10.4. The van der Waals surface area contributed by atoms with Crippen LogP contribution in [-0.4, -0.2) is 18.2 Å². The molecule has 3 aliphatic carbocycles. The van der Waals surface area contributed by atoms with Crippen LogP contribution in [-0.2, 0) is 10.8 Å². The minimum atomic E-state index is 0.0680. The fourth-order valence-corrected chi connectivity index (χ4v) is 11.6. The van der Waals surface area contributed by atoms with Crippen molar-refractivity contribution in [1.29, 1.82) is 0 Å². The van der Waals surface area contributed by atoms with Gasteiger partial charge in [-0.3, -0.25) is 0 Å². The molecule has 0 saturated heterocycles. The molecule has 4 heteroatoms. The highest BCUT2D eigenvalue weighted by Gasteiger charge is 2.38. The Morgan fingerprint density at radius 3 is 2.11 bits per heavy atom. The second kappa shape index (κ2) is 19.0. The molecule has 0 spiro atoms. The van der Waals surface area contributed by atoms with Gasteiger partial charge in [0.1, 0.15) is 0 Å². The Morgan fingerprint density at radius 2 is 1.50 bits per heavy atom. The molecule has 0 bridgehead atoms. The Balaban J connectivity index is 1.59. The number of hydrogen-bond donors (Lipinski definition) is 1. The molecule has 346 valence electrons. The number of nitrogens with zero attached hydrogens (tertiary/aromatic N) is 1. The number of fused-ring (bicyclic) bond motifs is 2. The highest BCUT2D eigenvalue weighted by atomic mass is 32.1. The zero-order valence-electron chi connectivity index (χ0n) is 43.6. The minimum Gasteiger partial charge on any atom is -0.382 e. The van der Waals surface area contributed by atoms with Crippen LogP contribution in [0, 0.1) is 28.1 Å². The number of rotatable bonds is 11. The summed E-state index contributed by atoms with van der Waals surface area (Å²) < 4.78 is 2.82. The van der Waals surface area contributed by atoms with Gasteiger partial charge in [-0.15, -0.1) is 11.3 Å². The smallest absolute Gasteiger partial charge is 0.248 e. The van der Waals surface area contributed by atoms with Crippen molar-refractivity contribution in [3.63, 3.8) is 0 Å². The van der Waals surface area contributed by atoms with Gasteiger partial charge in [0, 0.05) is 34.5 Å². The molecule has 2 heterocycles. The van der Waals surface area contributed by atoms with Crippen LogP contribution in [0.1, 0.15) is 186 Å². The van der Waals surface area contributed by atoms with E-state index >= 15 is 0 Å². The molecule has 2 aromatic rings. The lowest BCUT2D eigenvalue weighted by atomic mass is 9.42. The Hall–Kier alpha value is -3.50. The van der Waals surface area contributed by atoms with Crippen molar-refractivity contribution in [3.8, 4) is 0 Å². The van der Waals surface area contributed by atoms with Gasteiger partial charge in [-0.05, 0) is 196 Å². The van der Waals surface area contributed by atoms with Crippen LogP contribution in [0.3, 0.4) is 0 Å². The first-order valence-corrected chi connectivity index (χ1v) is 26.0. The summed E-state index contributed by atoms with van der Waals surface area (Å²) in [4.78, 5) is 2.58. The van der Waals surface area contributed by atoms with Gasteiger partial charge < -0.3 is 10.2 Å². The Bertz CT molecular complexity index is 2280. The number of allylic oxidation sites excluding steroid dienone is 10. The SMILES string of the molecule is C=C(C)/C(=C\C(=C\CC)C(C)(C)CC)NCC1=CN(C2=C/CC(C)(C)CCC(C)(C)C/C=C\2C)C(/C=C2\C(=C)C(C)CCC2C)=CB1c1cc2cc3c(cc2s1)C(C)(C)CCC3(C)C. The van der Waals surface area contributed by atoms with Crippen molar-refractivity contribution in [3.05, 3.63) is 135 Å². The second-order valence-electron chi connectivity index (χ2n) is 24.2. The topological polar surface area (TPSA) is 15.3 Å². The number of benzene rings is 1. The largest absolute Gasteiger partial charge is 0.382 e. The van der Waals surface area contributed by atoms with Crippen molar-refractivity contribution >= 4 is 32.9 Å². The summed E-state index contributed by atoms with van der Waals surface area (Å²) in [5.74, 6) is 3.58. The normalized spacial score (nSPS) is 26.4. The third-order valence-electron chi connectivity index (χ3n) is 16.2. The van der Waals surface area contributed by atoms with Gasteiger partial charge in [-0.1, -0.05) is 140 Å². The number of nitrogens with one attached hydrogen (secondary N) is 1. The third-order valence-corrected chi connectivity index (χ3v) is 17.4. The molecule has 1 aliphatic heterocycles. The summed E-state index contributed by atoms with van der Waals surface area (Å²) in [5.41, 5.74) is 15.5. The molecule has 6 rings (SSSR count). The molecule has 1 saturated carbocycles. The lowest BCUT2D eigenvalue weighted by molar-refractivity contribution is 0.240. The fraction of sp³-hybridized carbons (Fsp3) is 0.567. The molecule has 1 aromatic heterocycles. The van der Waals surface area contributed by atoms with E-state index < -0.39 is 0 Å². The van der Waals surface area contributed by atoms with Gasteiger partial charge >= 0.3 is 0 Å². The van der Waals surface area contributed by atoms with Gasteiger partial charge in [0.15, 0.2) is 0 Å². The molecule has 1 aromatic carbocycles. The average molecular weight is 879 g/mol. The molecule has 2 unspecified atom stereocenters. The monoisotopic (exact) mass is 879 g/mol. The lowest BCUT2D eigenvalue weighted by Gasteiger charge is -2.41. The van der Waals surface area contributed by atoms with Crippen molar-refractivity contribution in [1.82, 2.24) is 10.2 Å². The van der Waals surface area contributed by atoms with Gasteiger partial charge in [0.05, 0.1) is 0 Å². The molecule has 0 radical (unpaired) electrons. The average Bonchev–Trinajstić information content (AvgIpc) is 3.65. The first-order chi connectivity index (χ1) is 29.8. The van der Waals surface area contributed by atoms with E-state index in [1.807, 2.05) is 11.3 Å². The minimum absolute atomic E-state index is 0.0680. The predicted octanol–water partition coefficient (Wildman–Crippen LogP) is 16.9. The van der Waals surface area contributed by atoms with E-state index in [-0.39, 0.29) is 33.8 Å². The van der Waals surface area contributed by atoms with Crippen LogP contribution in [0.4, 0.5) is 0 Å². The Kier molecular flexibility index (Phi) is 14.8. The Morgan fingerprint density at radius 1 is 0.891 bits per heavy atom. The maximum absolute atomic E-state index is 4.76. The zero-order chi connectivity index (χ0) is 47.2. The van der Waals surface area contributed by atoms with Crippen molar-refractivity contribution in [2.24, 2.45) is 28.1 Å². The van der Waals surface area contributed by atoms with Crippen LogP contribution in [0.5, 0.6) is 0 Å². The molecule has 4 aliphatic rings. The summed E-state index contributed by atoms with van der Waals surface area (Å²) >= 11 is 2.01. The van der Waals surface area contributed by atoms with Crippen LogP contribution in [0.25, 0.3) is 10.1 Å². The standard InChI is InChI=1S/C60H87BN2S/c1-19-21-46(58(13,14)20-2)34-52(40(3)4)62-38-47-39-63(53-25-27-57(11,12)29-28-56(9,10)26-24-43(53)7)48(35-49-42(6)23-22-41(5)44(49)8)37-61(47)55-33-45-32-50-51(36-54(45)64-55)60(17,18)31-30-59(50,15)16/h21,24-25,32-37,39,41-42,62H,3,8,19-20,22-23,26-31,38H2,1-2,4-7,9-18H3/b43-24-,46-21-,49-35-,52-34+,53-25+. The van der Waals surface area contributed by atoms with Crippen LogP contribution >= 0.6 is 11.3 Å². The van der Waals surface area contributed by atoms with Gasteiger partial charge in [-0.2, -0.15) is 0 Å². The molecular weight excluding hydrogens is 792 g/mol. The summed E-state index contributed by atoms with van der Waals surface area (Å²) in [6.07, 6.45) is 26.5. The predicted molar refractivity (Wildman–Crippen MR) is 287 cm³/mol. The summed E-state index contributed by atoms with van der Waals surface area (Å²) in [5, 5.41) is 5.41. The van der Waals surface area contributed by atoms with E-state index in [1.54, 1.807) is 0 Å². The molecule has 64 heavy (non-hydrogen) atoms. The maximum atomic E-state index is 4.76. The quantitative estimate of drug-likeness (QED) is 0.179. The van der Waals surface area contributed by atoms with Crippen LogP contribution in [0.2, 0.25) is 0 Å². The maximum Gasteiger partial charge on any atom is 0.248 e. The van der Waals surface area contributed by atoms with Crippen molar-refractivity contribution in [2.45, 2.75) is 186 Å². The van der Waals surface area contributed by atoms with E-state index in [4.69, 9.17) is 6.58 Å². The van der Waals surface area contributed by atoms with E-state index in [0.29, 0.717) is 18.4 Å². The van der Waals surface area contributed by atoms with E-state index in [0.717, 1.165) is 37.0 Å². The van der Waals surface area contributed by atoms with Crippen LogP contribution in [0.15, 0.2) is 124 Å². The molecule has 1 fully saturated rings. The number of hydrogen-bond acceptors (Lipinski definition) is 3. The van der Waals surface area contributed by atoms with Gasteiger partial charge in [-0.25, -0.2) is 0 Å². The van der Waals surface area contributed by atoms with Gasteiger partial charge in [0.25, 0.3) is 0 Å². The van der Waals surface area contributed by atoms with E-state index in [2.05, 4.69) is 188 Å². The molecule has 2 atom stereocenters. The highest BCUT2D eigenvalue weighted by molar-refractivity contribution is 7.30. The summed E-state index contributed by atoms with van der Waals surface area (Å²) in [6.45, 7) is 48.4. The molecule has 1 N–H and O–H groups in total. The third kappa shape index (κ3) is 11.0. The molecular formula is C60H87BN2S. The van der Waals surface area contributed by atoms with Gasteiger partial charge in [0.2, 0.25) is 6.71 Å². The summed E-state index contributed by atoms with van der Waals surface area (Å²) in [7, 11) is 0. The van der Waals surface area contributed by atoms with Crippen molar-refractivity contribution < 1.29 is 0 Å². The molecule has 2 nitrogen and oxygen atoms in total. The first-order valence-electron chi connectivity index (χ1n) is 25.2. The number of thiophene rings is 1.